The second-order valence-electron chi connectivity index (χ2n) is 2.78. The Morgan fingerprint density at radius 2 is 2.20 bits per heavy atom. The van der Waals surface area contributed by atoms with Gasteiger partial charge in [-0.05, 0) is 24.6 Å². The van der Waals surface area contributed by atoms with E-state index < -0.39 is 5.97 Å². The maximum absolute atomic E-state index is 11.5. The topological polar surface area (TPSA) is 26.3 Å². The van der Waals surface area contributed by atoms with E-state index in [2.05, 4.69) is 31.9 Å². The van der Waals surface area contributed by atoms with Crippen molar-refractivity contribution in [3.05, 3.63) is 32.8 Å². The SMILES string of the molecule is CCOC(=O)c1cc(Br)cc(CBr)c1Cl. The minimum Gasteiger partial charge on any atom is -0.462 e. The number of esters is 1. The van der Waals surface area contributed by atoms with Gasteiger partial charge in [-0.25, -0.2) is 4.79 Å². The third-order valence-electron chi connectivity index (χ3n) is 1.75. The lowest BCUT2D eigenvalue weighted by Crippen LogP contribution is -2.06. The van der Waals surface area contributed by atoms with Crippen LogP contribution in [0.1, 0.15) is 22.8 Å². The summed E-state index contributed by atoms with van der Waals surface area (Å²) in [5.41, 5.74) is 1.25. The van der Waals surface area contributed by atoms with Crippen molar-refractivity contribution in [2.45, 2.75) is 12.3 Å². The van der Waals surface area contributed by atoms with E-state index in [4.69, 9.17) is 16.3 Å². The lowest BCUT2D eigenvalue weighted by Gasteiger charge is -2.08. The molecule has 0 saturated carbocycles. The van der Waals surface area contributed by atoms with Crippen LogP contribution in [0, 0.1) is 0 Å². The van der Waals surface area contributed by atoms with Crippen molar-refractivity contribution >= 4 is 49.4 Å². The molecule has 1 aromatic rings. The molecule has 0 N–H and O–H groups in total. The molecule has 1 rings (SSSR count). The summed E-state index contributed by atoms with van der Waals surface area (Å²) in [4.78, 5) is 11.5. The Morgan fingerprint density at radius 1 is 1.53 bits per heavy atom. The highest BCUT2D eigenvalue weighted by Crippen LogP contribution is 2.28. The second kappa shape index (κ2) is 5.87. The summed E-state index contributed by atoms with van der Waals surface area (Å²) in [5, 5.41) is 1.03. The van der Waals surface area contributed by atoms with Crippen LogP contribution < -0.4 is 0 Å². The molecule has 82 valence electrons. The standard InChI is InChI=1S/C10H9Br2ClO2/c1-2-15-10(14)8-4-7(12)3-6(5-11)9(8)13/h3-4H,2,5H2,1H3. The van der Waals surface area contributed by atoms with Crippen molar-refractivity contribution in [2.24, 2.45) is 0 Å². The molecule has 0 bridgehead atoms. The van der Waals surface area contributed by atoms with Gasteiger partial charge in [-0.15, -0.1) is 0 Å². The molecule has 0 radical (unpaired) electrons. The molecule has 2 nitrogen and oxygen atoms in total. The fraction of sp³-hybridized carbons (Fsp3) is 0.300. The van der Waals surface area contributed by atoms with Gasteiger partial charge in [-0.2, -0.15) is 0 Å². The Bertz CT molecular complexity index is 380. The average molecular weight is 356 g/mol. The van der Waals surface area contributed by atoms with Gasteiger partial charge in [0.05, 0.1) is 17.2 Å². The first-order valence-electron chi connectivity index (χ1n) is 4.31. The second-order valence-corrected chi connectivity index (χ2v) is 4.63. The lowest BCUT2D eigenvalue weighted by atomic mass is 10.1. The number of ether oxygens (including phenoxy) is 1. The van der Waals surface area contributed by atoms with Crippen molar-refractivity contribution in [2.75, 3.05) is 6.61 Å². The predicted molar refractivity (Wildman–Crippen MR) is 67.7 cm³/mol. The van der Waals surface area contributed by atoms with Gasteiger partial charge in [0.25, 0.3) is 0 Å². The molecule has 0 fully saturated rings. The van der Waals surface area contributed by atoms with Crippen molar-refractivity contribution < 1.29 is 9.53 Å². The molecule has 0 aromatic heterocycles. The summed E-state index contributed by atoms with van der Waals surface area (Å²) in [6, 6.07) is 3.52. The fourth-order valence-corrected chi connectivity index (χ4v) is 2.46. The van der Waals surface area contributed by atoms with Gasteiger partial charge in [0.1, 0.15) is 0 Å². The molecule has 1 aromatic carbocycles. The third kappa shape index (κ3) is 3.20. The van der Waals surface area contributed by atoms with Crippen molar-refractivity contribution in [3.63, 3.8) is 0 Å². The van der Waals surface area contributed by atoms with Gasteiger partial charge < -0.3 is 4.74 Å². The van der Waals surface area contributed by atoms with Crippen LogP contribution in [-0.4, -0.2) is 12.6 Å². The summed E-state index contributed by atoms with van der Waals surface area (Å²) >= 11 is 12.7. The molecule has 0 saturated heterocycles. The molecule has 0 amide bonds. The third-order valence-corrected chi connectivity index (χ3v) is 3.26. The zero-order chi connectivity index (χ0) is 11.4. The summed E-state index contributed by atoms with van der Waals surface area (Å²) < 4.78 is 5.71. The number of benzene rings is 1. The summed E-state index contributed by atoms with van der Waals surface area (Å²) in [6.45, 7) is 2.10. The van der Waals surface area contributed by atoms with E-state index in [0.29, 0.717) is 22.5 Å². The normalized spacial score (nSPS) is 10.1. The molecular formula is C10H9Br2ClO2. The molecule has 0 unspecified atom stereocenters. The van der Waals surface area contributed by atoms with Crippen LogP contribution in [0.25, 0.3) is 0 Å². The molecule has 0 aliphatic rings. The van der Waals surface area contributed by atoms with Crippen LogP contribution in [0.3, 0.4) is 0 Å². The lowest BCUT2D eigenvalue weighted by molar-refractivity contribution is 0.0526. The van der Waals surface area contributed by atoms with Gasteiger partial charge in [-0.1, -0.05) is 43.5 Å². The zero-order valence-corrected chi connectivity index (χ0v) is 11.9. The van der Waals surface area contributed by atoms with E-state index in [9.17, 15) is 4.79 Å². The van der Waals surface area contributed by atoms with Crippen molar-refractivity contribution in [1.29, 1.82) is 0 Å². The number of rotatable bonds is 3. The molecule has 0 heterocycles. The van der Waals surface area contributed by atoms with Crippen molar-refractivity contribution in [3.8, 4) is 0 Å². The highest BCUT2D eigenvalue weighted by molar-refractivity contribution is 9.10. The minimum atomic E-state index is -0.397. The molecule has 0 aliphatic heterocycles. The van der Waals surface area contributed by atoms with E-state index in [1.807, 2.05) is 6.07 Å². The van der Waals surface area contributed by atoms with Crippen LogP contribution in [-0.2, 0) is 10.1 Å². The van der Waals surface area contributed by atoms with E-state index in [1.165, 1.54) is 0 Å². The Labute approximate surface area is 110 Å². The predicted octanol–water partition coefficient (Wildman–Crippen LogP) is 4.17. The maximum atomic E-state index is 11.5. The van der Waals surface area contributed by atoms with E-state index in [1.54, 1.807) is 13.0 Å². The van der Waals surface area contributed by atoms with E-state index >= 15 is 0 Å². The highest BCUT2D eigenvalue weighted by atomic mass is 79.9. The first kappa shape index (κ1) is 13.0. The van der Waals surface area contributed by atoms with Gasteiger partial charge >= 0.3 is 5.97 Å². The molecule has 0 atom stereocenters. The largest absolute Gasteiger partial charge is 0.462 e. The van der Waals surface area contributed by atoms with Crippen LogP contribution in [0.15, 0.2) is 16.6 Å². The molecule has 5 heteroatoms. The maximum Gasteiger partial charge on any atom is 0.339 e. The van der Waals surface area contributed by atoms with Crippen LogP contribution >= 0.6 is 43.5 Å². The molecular weight excluding hydrogens is 347 g/mol. The monoisotopic (exact) mass is 354 g/mol. The summed E-state index contributed by atoms with van der Waals surface area (Å²) in [6.07, 6.45) is 0. The van der Waals surface area contributed by atoms with Gasteiger partial charge in [0, 0.05) is 9.80 Å². The number of carbonyl (C=O) groups excluding carboxylic acids is 1. The van der Waals surface area contributed by atoms with Gasteiger partial charge in [0.2, 0.25) is 0 Å². The minimum absolute atomic E-state index is 0.339. The van der Waals surface area contributed by atoms with Gasteiger partial charge in [-0.3, -0.25) is 0 Å². The van der Waals surface area contributed by atoms with Gasteiger partial charge in [0.15, 0.2) is 0 Å². The quantitative estimate of drug-likeness (QED) is 0.600. The Hall–Kier alpha value is -0.0600. The smallest absolute Gasteiger partial charge is 0.339 e. The molecule has 15 heavy (non-hydrogen) atoms. The van der Waals surface area contributed by atoms with Crippen molar-refractivity contribution in [1.82, 2.24) is 0 Å². The highest BCUT2D eigenvalue weighted by Gasteiger charge is 2.15. The Kier molecular flexibility index (Phi) is 5.09. The molecule has 0 spiro atoms. The van der Waals surface area contributed by atoms with Crippen LogP contribution in [0.5, 0.6) is 0 Å². The van der Waals surface area contributed by atoms with E-state index in [0.717, 1.165) is 10.0 Å². The van der Waals surface area contributed by atoms with E-state index in [-0.39, 0.29) is 0 Å². The fourth-order valence-electron chi connectivity index (χ4n) is 1.10. The van der Waals surface area contributed by atoms with Crippen LogP contribution in [0.4, 0.5) is 0 Å². The first-order chi connectivity index (χ1) is 7.10. The number of hydrogen-bond acceptors (Lipinski definition) is 2. The first-order valence-corrected chi connectivity index (χ1v) is 6.60. The number of hydrogen-bond donors (Lipinski definition) is 0. The Balaban J connectivity index is 3.17. The summed E-state index contributed by atoms with van der Waals surface area (Å²) in [5.74, 6) is -0.397. The number of alkyl halides is 1. The zero-order valence-electron chi connectivity index (χ0n) is 8.02. The molecule has 0 aliphatic carbocycles. The number of carbonyl (C=O) groups is 1. The Morgan fingerprint density at radius 3 is 2.73 bits per heavy atom. The number of halogens is 3. The summed E-state index contributed by atoms with van der Waals surface area (Å²) in [7, 11) is 0. The van der Waals surface area contributed by atoms with Crippen LogP contribution in [0.2, 0.25) is 5.02 Å². The average Bonchev–Trinajstić information content (AvgIpc) is 2.21.